The summed E-state index contributed by atoms with van der Waals surface area (Å²) in [7, 11) is 0. The molecular formula is C13H20N4O2. The van der Waals surface area contributed by atoms with Crippen molar-refractivity contribution in [3.05, 3.63) is 23.8 Å². The zero-order chi connectivity index (χ0) is 13.7. The van der Waals surface area contributed by atoms with Crippen LogP contribution in [-0.2, 0) is 0 Å². The lowest BCUT2D eigenvalue weighted by Gasteiger charge is -2.13. The highest BCUT2D eigenvalue weighted by Gasteiger charge is 2.24. The number of carbonyl (C=O) groups is 1. The number of ether oxygens (including phenoxy) is 1. The van der Waals surface area contributed by atoms with E-state index >= 15 is 0 Å². The van der Waals surface area contributed by atoms with Crippen molar-refractivity contribution in [2.24, 2.45) is 11.6 Å². The van der Waals surface area contributed by atoms with Gasteiger partial charge in [0.1, 0.15) is 5.75 Å². The molecule has 0 radical (unpaired) electrons. The standard InChI is InChI=1S/C13H20N4O2/c14-6-1-7-19-12-8-10(9-2-3-9)4-5-11(12)16-13(18)17-15/h4-5,8-9H,1-3,6-7,14-15H2,(H2,16,17,18). The number of urea groups is 1. The van der Waals surface area contributed by atoms with Gasteiger partial charge in [-0.25, -0.2) is 10.6 Å². The SMILES string of the molecule is NCCCOc1cc(C2CC2)ccc1NC(=O)NN. The first-order valence-electron chi connectivity index (χ1n) is 6.49. The molecule has 0 saturated heterocycles. The van der Waals surface area contributed by atoms with Gasteiger partial charge in [-0.15, -0.1) is 0 Å². The Hall–Kier alpha value is -1.79. The molecule has 104 valence electrons. The zero-order valence-corrected chi connectivity index (χ0v) is 10.8. The van der Waals surface area contributed by atoms with Crippen LogP contribution in [0.15, 0.2) is 18.2 Å². The number of hydrazine groups is 1. The van der Waals surface area contributed by atoms with Crippen LogP contribution in [0.5, 0.6) is 5.75 Å². The molecule has 0 spiro atoms. The lowest BCUT2D eigenvalue weighted by Crippen LogP contribution is -2.34. The molecule has 0 aliphatic heterocycles. The number of hydrogen-bond donors (Lipinski definition) is 4. The Morgan fingerprint density at radius 3 is 2.84 bits per heavy atom. The van der Waals surface area contributed by atoms with E-state index in [1.54, 1.807) is 0 Å². The van der Waals surface area contributed by atoms with Gasteiger partial charge in [0.15, 0.2) is 0 Å². The van der Waals surface area contributed by atoms with Gasteiger partial charge in [-0.05, 0) is 49.4 Å². The molecule has 0 unspecified atom stereocenters. The lowest BCUT2D eigenvalue weighted by molar-refractivity contribution is 0.252. The number of nitrogens with one attached hydrogen (secondary N) is 2. The Kier molecular flexibility index (Phi) is 4.59. The van der Waals surface area contributed by atoms with E-state index in [1.165, 1.54) is 18.4 Å². The monoisotopic (exact) mass is 264 g/mol. The number of benzene rings is 1. The molecule has 0 heterocycles. The predicted molar refractivity (Wildman–Crippen MR) is 73.9 cm³/mol. The number of anilines is 1. The Morgan fingerprint density at radius 1 is 1.42 bits per heavy atom. The van der Waals surface area contributed by atoms with Gasteiger partial charge in [0.2, 0.25) is 0 Å². The second kappa shape index (κ2) is 6.40. The first-order valence-corrected chi connectivity index (χ1v) is 6.49. The topological polar surface area (TPSA) is 102 Å². The van der Waals surface area contributed by atoms with Crippen molar-refractivity contribution < 1.29 is 9.53 Å². The molecule has 6 nitrogen and oxygen atoms in total. The normalized spacial score (nSPS) is 14.0. The molecule has 2 rings (SSSR count). The molecule has 0 bridgehead atoms. The van der Waals surface area contributed by atoms with E-state index in [2.05, 4.69) is 5.32 Å². The maximum absolute atomic E-state index is 11.3. The van der Waals surface area contributed by atoms with E-state index in [1.807, 2.05) is 23.6 Å². The largest absolute Gasteiger partial charge is 0.491 e. The average molecular weight is 264 g/mol. The quantitative estimate of drug-likeness (QED) is 0.269. The summed E-state index contributed by atoms with van der Waals surface area (Å²) in [5, 5.41) is 2.64. The van der Waals surface area contributed by atoms with Crippen LogP contribution in [0.1, 0.15) is 30.7 Å². The Balaban J connectivity index is 2.11. The molecule has 1 aliphatic rings. The lowest BCUT2D eigenvalue weighted by atomic mass is 10.1. The van der Waals surface area contributed by atoms with E-state index in [-0.39, 0.29) is 0 Å². The highest BCUT2D eigenvalue weighted by Crippen LogP contribution is 2.42. The number of carbonyl (C=O) groups excluding carboxylic acids is 1. The van der Waals surface area contributed by atoms with Gasteiger partial charge >= 0.3 is 6.03 Å². The van der Waals surface area contributed by atoms with Gasteiger partial charge in [0.25, 0.3) is 0 Å². The number of amides is 2. The van der Waals surface area contributed by atoms with Crippen molar-refractivity contribution in [2.45, 2.75) is 25.2 Å². The maximum atomic E-state index is 11.3. The first kappa shape index (κ1) is 13.6. The summed E-state index contributed by atoms with van der Waals surface area (Å²) in [6.45, 7) is 1.11. The van der Waals surface area contributed by atoms with Gasteiger partial charge in [0, 0.05) is 0 Å². The zero-order valence-electron chi connectivity index (χ0n) is 10.8. The van der Waals surface area contributed by atoms with Crippen LogP contribution in [0, 0.1) is 0 Å². The van der Waals surface area contributed by atoms with Crippen LogP contribution in [0.3, 0.4) is 0 Å². The minimum atomic E-state index is -0.470. The summed E-state index contributed by atoms with van der Waals surface area (Å²) >= 11 is 0. The van der Waals surface area contributed by atoms with Crippen molar-refractivity contribution in [1.29, 1.82) is 0 Å². The summed E-state index contributed by atoms with van der Waals surface area (Å²) < 4.78 is 5.68. The number of rotatable bonds is 6. The van der Waals surface area contributed by atoms with Gasteiger partial charge in [-0.1, -0.05) is 6.07 Å². The molecule has 6 N–H and O–H groups in total. The second-order valence-electron chi connectivity index (χ2n) is 4.62. The molecule has 0 atom stereocenters. The predicted octanol–water partition coefficient (Wildman–Crippen LogP) is 1.29. The molecule has 19 heavy (non-hydrogen) atoms. The molecule has 6 heteroatoms. The minimum absolute atomic E-state index is 0.470. The number of hydrogen-bond acceptors (Lipinski definition) is 4. The third-order valence-corrected chi connectivity index (χ3v) is 3.04. The van der Waals surface area contributed by atoms with Gasteiger partial charge < -0.3 is 15.8 Å². The van der Waals surface area contributed by atoms with Crippen molar-refractivity contribution in [1.82, 2.24) is 5.43 Å². The van der Waals surface area contributed by atoms with Crippen molar-refractivity contribution in [3.8, 4) is 5.75 Å². The fourth-order valence-electron chi connectivity index (χ4n) is 1.86. The van der Waals surface area contributed by atoms with Crippen molar-refractivity contribution >= 4 is 11.7 Å². The third-order valence-electron chi connectivity index (χ3n) is 3.04. The molecule has 2 amide bonds. The minimum Gasteiger partial charge on any atom is -0.491 e. The Bertz CT molecular complexity index is 446. The maximum Gasteiger partial charge on any atom is 0.333 e. The summed E-state index contributed by atoms with van der Waals surface area (Å²) in [5.41, 5.74) is 9.34. The van der Waals surface area contributed by atoms with Crippen molar-refractivity contribution in [2.75, 3.05) is 18.5 Å². The average Bonchev–Trinajstić information content (AvgIpc) is 3.25. The molecule has 0 aromatic heterocycles. The summed E-state index contributed by atoms with van der Waals surface area (Å²) in [6, 6.07) is 5.38. The molecule has 1 aromatic rings. The summed E-state index contributed by atoms with van der Waals surface area (Å²) in [5.74, 6) is 6.36. The van der Waals surface area contributed by atoms with Crippen LogP contribution in [0.2, 0.25) is 0 Å². The van der Waals surface area contributed by atoms with Crippen molar-refractivity contribution in [3.63, 3.8) is 0 Å². The van der Waals surface area contributed by atoms with Gasteiger partial charge in [-0.3, -0.25) is 5.43 Å². The smallest absolute Gasteiger partial charge is 0.333 e. The molecule has 1 aliphatic carbocycles. The van der Waals surface area contributed by atoms with Crippen LogP contribution in [0.25, 0.3) is 0 Å². The first-order chi connectivity index (χ1) is 9.24. The summed E-state index contributed by atoms with van der Waals surface area (Å²) in [4.78, 5) is 11.3. The molecule has 1 fully saturated rings. The van der Waals surface area contributed by atoms with E-state index < -0.39 is 6.03 Å². The Labute approximate surface area is 112 Å². The fraction of sp³-hybridized carbons (Fsp3) is 0.462. The van der Waals surface area contributed by atoms with E-state index in [9.17, 15) is 4.79 Å². The van der Waals surface area contributed by atoms with Crippen LogP contribution in [0.4, 0.5) is 10.5 Å². The summed E-state index contributed by atoms with van der Waals surface area (Å²) in [6.07, 6.45) is 3.22. The van der Waals surface area contributed by atoms with Gasteiger partial charge in [0.05, 0.1) is 12.3 Å². The molecular weight excluding hydrogens is 244 g/mol. The highest BCUT2D eigenvalue weighted by molar-refractivity contribution is 5.90. The molecule has 1 aromatic carbocycles. The number of nitrogens with two attached hydrogens (primary N) is 2. The third kappa shape index (κ3) is 3.84. The molecule has 1 saturated carbocycles. The van der Waals surface area contributed by atoms with E-state index in [0.29, 0.717) is 30.5 Å². The van der Waals surface area contributed by atoms with Crippen LogP contribution in [-0.4, -0.2) is 19.2 Å². The second-order valence-corrected chi connectivity index (χ2v) is 4.62. The van der Waals surface area contributed by atoms with E-state index in [0.717, 1.165) is 6.42 Å². The Morgan fingerprint density at radius 2 is 2.21 bits per heavy atom. The van der Waals surface area contributed by atoms with Gasteiger partial charge in [-0.2, -0.15) is 0 Å². The highest BCUT2D eigenvalue weighted by atomic mass is 16.5. The van der Waals surface area contributed by atoms with E-state index in [4.69, 9.17) is 16.3 Å². The van der Waals surface area contributed by atoms with Crippen LogP contribution < -0.4 is 27.1 Å². The fourth-order valence-corrected chi connectivity index (χ4v) is 1.86. The van der Waals surface area contributed by atoms with Crippen LogP contribution >= 0.6 is 0 Å².